The quantitative estimate of drug-likeness (QED) is 0.711. The minimum atomic E-state index is 0.453. The van der Waals surface area contributed by atoms with Crippen LogP contribution in [-0.4, -0.2) is 19.2 Å². The number of nitrogens with one attached hydrogen (secondary N) is 1. The lowest BCUT2D eigenvalue weighted by Gasteiger charge is -2.15. The van der Waals surface area contributed by atoms with E-state index in [1.165, 1.54) is 6.20 Å². The van der Waals surface area contributed by atoms with E-state index in [1.54, 1.807) is 20.3 Å². The number of pyridine rings is 1. The van der Waals surface area contributed by atoms with Gasteiger partial charge in [0.1, 0.15) is 11.6 Å². The SMILES string of the molecule is COc1ccc2c(Nc3cccc(Br)c3)c(C#N)cnc2c1OC. The zero-order valence-electron chi connectivity index (χ0n) is 13.1. The van der Waals surface area contributed by atoms with Gasteiger partial charge in [-0.15, -0.1) is 0 Å². The highest BCUT2D eigenvalue weighted by Gasteiger charge is 2.16. The first-order chi connectivity index (χ1) is 11.7. The Balaban J connectivity index is 2.23. The van der Waals surface area contributed by atoms with Crippen molar-refractivity contribution in [2.45, 2.75) is 0 Å². The molecule has 0 aliphatic heterocycles. The standard InChI is InChI=1S/C18H14BrN3O2/c1-23-15-7-6-14-16(22-13-5-3-4-12(19)8-13)11(9-20)10-21-17(14)18(15)24-2/h3-8,10H,1-2H3,(H,21,22). The zero-order chi connectivity index (χ0) is 17.1. The van der Waals surface area contributed by atoms with Gasteiger partial charge in [0.05, 0.1) is 25.5 Å². The van der Waals surface area contributed by atoms with Gasteiger partial charge in [-0.3, -0.25) is 4.98 Å². The van der Waals surface area contributed by atoms with E-state index in [-0.39, 0.29) is 0 Å². The minimum Gasteiger partial charge on any atom is -0.493 e. The molecule has 0 atom stereocenters. The number of ether oxygens (including phenoxy) is 2. The predicted octanol–water partition coefficient (Wildman–Crippen LogP) is 4.63. The second-order valence-electron chi connectivity index (χ2n) is 4.99. The minimum absolute atomic E-state index is 0.453. The number of aromatic nitrogens is 1. The normalized spacial score (nSPS) is 10.2. The number of rotatable bonds is 4. The molecule has 5 nitrogen and oxygen atoms in total. The van der Waals surface area contributed by atoms with Crippen molar-refractivity contribution in [2.24, 2.45) is 0 Å². The molecule has 120 valence electrons. The van der Waals surface area contributed by atoms with E-state index in [4.69, 9.17) is 9.47 Å². The van der Waals surface area contributed by atoms with Crippen LogP contribution in [0.25, 0.3) is 10.9 Å². The van der Waals surface area contributed by atoms with Gasteiger partial charge >= 0.3 is 0 Å². The van der Waals surface area contributed by atoms with Crippen LogP contribution in [0.2, 0.25) is 0 Å². The third kappa shape index (κ3) is 2.86. The van der Waals surface area contributed by atoms with Crippen molar-refractivity contribution in [3.63, 3.8) is 0 Å². The molecule has 0 amide bonds. The lowest BCUT2D eigenvalue weighted by molar-refractivity contribution is 0.358. The van der Waals surface area contributed by atoms with Crippen LogP contribution in [0.15, 0.2) is 47.1 Å². The summed E-state index contributed by atoms with van der Waals surface area (Å²) in [7, 11) is 3.15. The fraction of sp³-hybridized carbons (Fsp3) is 0.111. The number of methoxy groups -OCH3 is 2. The smallest absolute Gasteiger partial charge is 0.187 e. The molecule has 3 aromatic rings. The Labute approximate surface area is 148 Å². The second-order valence-corrected chi connectivity index (χ2v) is 5.91. The van der Waals surface area contributed by atoms with Gasteiger partial charge in [0.25, 0.3) is 0 Å². The number of benzene rings is 2. The van der Waals surface area contributed by atoms with Gasteiger partial charge in [0.2, 0.25) is 0 Å². The van der Waals surface area contributed by atoms with Gasteiger partial charge in [-0.2, -0.15) is 5.26 Å². The number of hydrogen-bond donors (Lipinski definition) is 1. The molecular formula is C18H14BrN3O2. The number of hydrogen-bond acceptors (Lipinski definition) is 5. The molecule has 0 unspecified atom stereocenters. The second kappa shape index (κ2) is 6.77. The predicted molar refractivity (Wildman–Crippen MR) is 97.0 cm³/mol. The van der Waals surface area contributed by atoms with Crippen LogP contribution < -0.4 is 14.8 Å². The van der Waals surface area contributed by atoms with Gasteiger partial charge in [-0.05, 0) is 30.3 Å². The first kappa shape index (κ1) is 16.1. The van der Waals surface area contributed by atoms with Crippen molar-refractivity contribution >= 4 is 38.2 Å². The maximum Gasteiger partial charge on any atom is 0.187 e. The van der Waals surface area contributed by atoms with Gasteiger partial charge in [-0.1, -0.05) is 22.0 Å². The first-order valence-corrected chi connectivity index (χ1v) is 7.93. The summed E-state index contributed by atoms with van der Waals surface area (Å²) in [5.41, 5.74) is 2.63. The van der Waals surface area contributed by atoms with E-state index < -0.39 is 0 Å². The highest BCUT2D eigenvalue weighted by Crippen LogP contribution is 2.39. The molecule has 1 aromatic heterocycles. The Kier molecular flexibility index (Phi) is 4.54. The van der Waals surface area contributed by atoms with Crippen molar-refractivity contribution in [1.29, 1.82) is 5.26 Å². The summed E-state index contributed by atoms with van der Waals surface area (Å²) < 4.78 is 11.7. The van der Waals surface area contributed by atoms with E-state index in [0.29, 0.717) is 28.3 Å². The summed E-state index contributed by atoms with van der Waals surface area (Å²) in [4.78, 5) is 4.37. The molecule has 0 saturated heterocycles. The Morgan fingerprint density at radius 1 is 1.17 bits per heavy atom. The third-order valence-electron chi connectivity index (χ3n) is 3.60. The zero-order valence-corrected chi connectivity index (χ0v) is 14.7. The molecule has 0 spiro atoms. The summed E-state index contributed by atoms with van der Waals surface area (Å²) in [5.74, 6) is 1.13. The molecule has 0 aliphatic carbocycles. The van der Waals surface area contributed by atoms with E-state index in [2.05, 4.69) is 32.3 Å². The van der Waals surface area contributed by atoms with E-state index in [9.17, 15) is 5.26 Å². The fourth-order valence-electron chi connectivity index (χ4n) is 2.51. The van der Waals surface area contributed by atoms with Crippen LogP contribution in [0, 0.1) is 11.3 Å². The lowest BCUT2D eigenvalue weighted by atomic mass is 10.1. The van der Waals surface area contributed by atoms with Gasteiger partial charge in [0, 0.05) is 21.7 Å². The van der Waals surface area contributed by atoms with Crippen LogP contribution in [0.4, 0.5) is 11.4 Å². The average molecular weight is 384 g/mol. The molecule has 6 heteroatoms. The molecular weight excluding hydrogens is 370 g/mol. The highest BCUT2D eigenvalue weighted by atomic mass is 79.9. The fourth-order valence-corrected chi connectivity index (χ4v) is 2.91. The molecule has 0 saturated carbocycles. The number of halogens is 1. The maximum atomic E-state index is 9.44. The molecule has 1 N–H and O–H groups in total. The van der Waals surface area contributed by atoms with Gasteiger partial charge in [0.15, 0.2) is 11.5 Å². The molecule has 0 bridgehead atoms. The number of nitrogens with zero attached hydrogens (tertiary/aromatic N) is 2. The van der Waals surface area contributed by atoms with Gasteiger partial charge in [-0.25, -0.2) is 0 Å². The monoisotopic (exact) mass is 383 g/mol. The van der Waals surface area contributed by atoms with Gasteiger partial charge < -0.3 is 14.8 Å². The molecule has 1 heterocycles. The summed E-state index contributed by atoms with van der Waals surface area (Å²) >= 11 is 3.45. The largest absolute Gasteiger partial charge is 0.493 e. The van der Waals surface area contributed by atoms with E-state index >= 15 is 0 Å². The average Bonchev–Trinajstić information content (AvgIpc) is 2.60. The Bertz CT molecular complexity index is 951. The van der Waals surface area contributed by atoms with Crippen molar-refractivity contribution in [1.82, 2.24) is 4.98 Å². The Morgan fingerprint density at radius 2 is 2.00 bits per heavy atom. The Hall–Kier alpha value is -2.78. The van der Waals surface area contributed by atoms with Crippen molar-refractivity contribution < 1.29 is 9.47 Å². The van der Waals surface area contributed by atoms with Crippen LogP contribution in [-0.2, 0) is 0 Å². The highest BCUT2D eigenvalue weighted by molar-refractivity contribution is 9.10. The van der Waals surface area contributed by atoms with Crippen molar-refractivity contribution in [3.8, 4) is 17.6 Å². The first-order valence-electron chi connectivity index (χ1n) is 7.14. The summed E-state index contributed by atoms with van der Waals surface area (Å²) in [6.07, 6.45) is 1.53. The van der Waals surface area contributed by atoms with E-state index in [1.807, 2.05) is 30.3 Å². The number of fused-ring (bicyclic) bond motifs is 1. The van der Waals surface area contributed by atoms with Crippen molar-refractivity contribution in [3.05, 3.63) is 52.6 Å². The van der Waals surface area contributed by atoms with Crippen LogP contribution >= 0.6 is 15.9 Å². The van der Waals surface area contributed by atoms with Crippen LogP contribution in [0.3, 0.4) is 0 Å². The lowest BCUT2D eigenvalue weighted by Crippen LogP contribution is -1.99. The van der Waals surface area contributed by atoms with E-state index in [0.717, 1.165) is 15.5 Å². The third-order valence-corrected chi connectivity index (χ3v) is 4.09. The topological polar surface area (TPSA) is 67.2 Å². The summed E-state index contributed by atoms with van der Waals surface area (Å²) in [5, 5.41) is 13.5. The van der Waals surface area contributed by atoms with Crippen LogP contribution in [0.5, 0.6) is 11.5 Å². The molecule has 2 aromatic carbocycles. The number of nitriles is 1. The maximum absolute atomic E-state index is 9.44. The molecule has 24 heavy (non-hydrogen) atoms. The van der Waals surface area contributed by atoms with Crippen LogP contribution in [0.1, 0.15) is 5.56 Å². The molecule has 3 rings (SSSR count). The van der Waals surface area contributed by atoms with Crippen molar-refractivity contribution in [2.75, 3.05) is 19.5 Å². The molecule has 0 radical (unpaired) electrons. The molecule has 0 aliphatic rings. The Morgan fingerprint density at radius 3 is 2.67 bits per heavy atom. The number of anilines is 2. The summed E-state index contributed by atoms with van der Waals surface area (Å²) in [6, 6.07) is 13.6. The molecule has 0 fully saturated rings. The summed E-state index contributed by atoms with van der Waals surface area (Å²) in [6.45, 7) is 0.